The Labute approximate surface area is 93.1 Å². The molecule has 88 valence electrons. The molecule has 1 saturated heterocycles. The molecule has 1 N–H and O–H groups in total. The summed E-state index contributed by atoms with van der Waals surface area (Å²) < 4.78 is 0. The average molecular weight is 226 g/mol. The van der Waals surface area contributed by atoms with Gasteiger partial charge in [-0.15, -0.1) is 0 Å². The Kier molecular flexibility index (Phi) is 3.26. The lowest BCUT2D eigenvalue weighted by atomic mass is 9.99. The zero-order chi connectivity index (χ0) is 12.5. The van der Waals surface area contributed by atoms with E-state index >= 15 is 0 Å². The van der Waals surface area contributed by atoms with Gasteiger partial charge in [0.25, 0.3) is 0 Å². The number of hydrogen-bond donors (Lipinski definition) is 1. The maximum absolute atomic E-state index is 11.8. The third kappa shape index (κ3) is 1.75. The van der Waals surface area contributed by atoms with Gasteiger partial charge in [0.2, 0.25) is 11.8 Å². The minimum absolute atomic E-state index is 0.337. The number of carbonyl (C=O) groups excluding carboxylic acids is 3. The average Bonchev–Trinajstić information content (AvgIpc) is 2.24. The van der Waals surface area contributed by atoms with Crippen molar-refractivity contribution in [3.8, 4) is 0 Å². The normalized spacial score (nSPS) is 19.5. The molecule has 0 bridgehead atoms. The van der Waals surface area contributed by atoms with Crippen LogP contribution in [0.1, 0.15) is 6.92 Å². The van der Waals surface area contributed by atoms with Gasteiger partial charge in [0.15, 0.2) is 5.92 Å². The Morgan fingerprint density at radius 1 is 1.19 bits per heavy atom. The smallest absolute Gasteiger partial charge is 0.313 e. The van der Waals surface area contributed by atoms with Gasteiger partial charge in [-0.25, -0.2) is 4.79 Å². The van der Waals surface area contributed by atoms with Crippen LogP contribution in [-0.4, -0.2) is 54.5 Å². The first kappa shape index (κ1) is 12.2. The Bertz CT molecular complexity index is 353. The molecule has 0 aromatic heterocycles. The zero-order valence-corrected chi connectivity index (χ0v) is 9.64. The molecule has 0 aromatic carbocycles. The molecule has 7 nitrogen and oxygen atoms in total. The van der Waals surface area contributed by atoms with Crippen LogP contribution >= 0.6 is 0 Å². The molecule has 0 aliphatic carbocycles. The van der Waals surface area contributed by atoms with Crippen LogP contribution in [0.3, 0.4) is 0 Å². The summed E-state index contributed by atoms with van der Waals surface area (Å²) in [5.74, 6) is -2.12. The summed E-state index contributed by atoms with van der Waals surface area (Å²) >= 11 is 0. The highest BCUT2D eigenvalue weighted by atomic mass is 16.2. The van der Waals surface area contributed by atoms with Gasteiger partial charge in [-0.3, -0.25) is 19.4 Å². The summed E-state index contributed by atoms with van der Waals surface area (Å²) in [4.78, 5) is 36.8. The molecule has 1 fully saturated rings. The molecule has 0 saturated carbocycles. The fourth-order valence-electron chi connectivity index (χ4n) is 1.50. The lowest BCUT2D eigenvalue weighted by Crippen LogP contribution is -2.58. The summed E-state index contributed by atoms with van der Waals surface area (Å²) in [6.07, 6.45) is 0. The number of rotatable bonds is 2. The van der Waals surface area contributed by atoms with Crippen LogP contribution in [0, 0.1) is 5.92 Å². The standard InChI is InChI=1S/C9H14N4O3/c1-5(11-10-2)6-7(14)12(3)9(16)13(4)8(6)15/h6,10H,1-4H3. The van der Waals surface area contributed by atoms with Crippen molar-refractivity contribution in [1.82, 2.24) is 15.2 Å². The van der Waals surface area contributed by atoms with Crippen LogP contribution in [0.5, 0.6) is 0 Å². The Balaban J connectivity index is 3.10. The first-order valence-electron chi connectivity index (χ1n) is 4.71. The highest BCUT2D eigenvalue weighted by molar-refractivity contribution is 6.26. The number of carbonyl (C=O) groups is 3. The predicted molar refractivity (Wildman–Crippen MR) is 56.6 cm³/mol. The lowest BCUT2D eigenvalue weighted by molar-refractivity contribution is -0.144. The van der Waals surface area contributed by atoms with Gasteiger partial charge in [-0.1, -0.05) is 0 Å². The number of hydrazone groups is 1. The van der Waals surface area contributed by atoms with E-state index < -0.39 is 23.8 Å². The SMILES string of the molecule is CNN=C(C)C1C(=O)N(C)C(=O)N(C)C1=O. The quantitative estimate of drug-likeness (QED) is 0.381. The highest BCUT2D eigenvalue weighted by Crippen LogP contribution is 2.16. The van der Waals surface area contributed by atoms with Crippen molar-refractivity contribution in [2.75, 3.05) is 21.1 Å². The fraction of sp³-hybridized carbons (Fsp3) is 0.556. The van der Waals surface area contributed by atoms with Crippen molar-refractivity contribution < 1.29 is 14.4 Å². The molecule has 16 heavy (non-hydrogen) atoms. The summed E-state index contributed by atoms with van der Waals surface area (Å²) in [6, 6.07) is -0.622. The molecule has 0 atom stereocenters. The molecule has 0 spiro atoms. The number of barbiturate groups is 1. The van der Waals surface area contributed by atoms with Crippen molar-refractivity contribution in [2.45, 2.75) is 6.92 Å². The van der Waals surface area contributed by atoms with E-state index in [0.717, 1.165) is 9.80 Å². The summed E-state index contributed by atoms with van der Waals surface area (Å²) in [6.45, 7) is 1.56. The lowest BCUT2D eigenvalue weighted by Gasteiger charge is -2.32. The van der Waals surface area contributed by atoms with Crippen molar-refractivity contribution >= 4 is 23.6 Å². The first-order valence-corrected chi connectivity index (χ1v) is 4.71. The number of hydrogen-bond acceptors (Lipinski definition) is 5. The van der Waals surface area contributed by atoms with Crippen molar-refractivity contribution in [1.29, 1.82) is 0 Å². The fourth-order valence-corrected chi connectivity index (χ4v) is 1.50. The number of urea groups is 1. The van der Waals surface area contributed by atoms with Gasteiger partial charge in [0, 0.05) is 21.1 Å². The van der Waals surface area contributed by atoms with Gasteiger partial charge in [0.05, 0.1) is 5.71 Å². The van der Waals surface area contributed by atoms with E-state index in [-0.39, 0.29) is 0 Å². The van der Waals surface area contributed by atoms with Crippen LogP contribution < -0.4 is 5.43 Å². The van der Waals surface area contributed by atoms with E-state index in [0.29, 0.717) is 5.71 Å². The second-order valence-corrected chi connectivity index (χ2v) is 3.49. The minimum atomic E-state index is -1.01. The summed E-state index contributed by atoms with van der Waals surface area (Å²) in [5, 5.41) is 3.80. The van der Waals surface area contributed by atoms with Crippen LogP contribution in [0.4, 0.5) is 4.79 Å². The third-order valence-electron chi connectivity index (χ3n) is 2.43. The minimum Gasteiger partial charge on any atom is -0.313 e. The Hall–Kier alpha value is -1.92. The van der Waals surface area contributed by atoms with Crippen molar-refractivity contribution in [3.05, 3.63) is 0 Å². The maximum atomic E-state index is 11.8. The molecular formula is C9H14N4O3. The number of nitrogens with zero attached hydrogens (tertiary/aromatic N) is 3. The summed E-state index contributed by atoms with van der Waals surface area (Å²) in [7, 11) is 4.25. The first-order chi connectivity index (χ1) is 7.41. The molecule has 1 heterocycles. The Morgan fingerprint density at radius 2 is 1.62 bits per heavy atom. The molecule has 0 aromatic rings. The van der Waals surface area contributed by atoms with Gasteiger partial charge >= 0.3 is 6.03 Å². The second-order valence-electron chi connectivity index (χ2n) is 3.49. The molecular weight excluding hydrogens is 212 g/mol. The van der Waals surface area contributed by atoms with Gasteiger partial charge in [0.1, 0.15) is 0 Å². The zero-order valence-electron chi connectivity index (χ0n) is 9.64. The van der Waals surface area contributed by atoms with E-state index in [9.17, 15) is 14.4 Å². The van der Waals surface area contributed by atoms with E-state index in [2.05, 4.69) is 10.5 Å². The largest absolute Gasteiger partial charge is 0.332 e. The molecule has 0 unspecified atom stereocenters. The molecule has 7 heteroatoms. The number of imide groups is 2. The van der Waals surface area contributed by atoms with Crippen LogP contribution in [0.15, 0.2) is 5.10 Å². The topological polar surface area (TPSA) is 82.1 Å². The highest BCUT2D eigenvalue weighted by Gasteiger charge is 2.44. The van der Waals surface area contributed by atoms with Crippen LogP contribution in [0.25, 0.3) is 0 Å². The van der Waals surface area contributed by atoms with Crippen LogP contribution in [0.2, 0.25) is 0 Å². The predicted octanol–water partition coefficient (Wildman–Crippen LogP) is -0.752. The molecule has 1 rings (SSSR count). The van der Waals surface area contributed by atoms with Gasteiger partial charge < -0.3 is 5.43 Å². The molecule has 4 amide bonds. The number of amides is 4. The second kappa shape index (κ2) is 4.30. The monoisotopic (exact) mass is 226 g/mol. The van der Waals surface area contributed by atoms with E-state index in [1.54, 1.807) is 14.0 Å². The van der Waals surface area contributed by atoms with Crippen molar-refractivity contribution in [2.24, 2.45) is 11.0 Å². The van der Waals surface area contributed by atoms with Crippen molar-refractivity contribution in [3.63, 3.8) is 0 Å². The van der Waals surface area contributed by atoms with Gasteiger partial charge in [-0.2, -0.15) is 5.10 Å². The van der Waals surface area contributed by atoms with Crippen LogP contribution in [-0.2, 0) is 9.59 Å². The molecule has 1 aliphatic heterocycles. The third-order valence-corrected chi connectivity index (χ3v) is 2.43. The number of nitrogens with one attached hydrogen (secondary N) is 1. The van der Waals surface area contributed by atoms with Gasteiger partial charge in [-0.05, 0) is 6.92 Å². The molecule has 0 radical (unpaired) electrons. The van der Waals surface area contributed by atoms with E-state index in [4.69, 9.17) is 0 Å². The maximum Gasteiger partial charge on any atom is 0.332 e. The molecule has 1 aliphatic rings. The Morgan fingerprint density at radius 3 is 2.00 bits per heavy atom. The summed E-state index contributed by atoms with van der Waals surface area (Å²) in [5.41, 5.74) is 2.85. The van der Waals surface area contributed by atoms with E-state index in [1.165, 1.54) is 14.1 Å². The van der Waals surface area contributed by atoms with E-state index in [1.807, 2.05) is 0 Å².